The number of hydrogen-bond donors (Lipinski definition) is 3. The molecule has 0 saturated heterocycles. The molecular formula is C28H26FN3O2. The number of fused-ring (bicyclic) bond motifs is 1. The topological polar surface area (TPSA) is 74.0 Å². The maximum Gasteiger partial charge on any atom is 0.227 e. The molecular weight excluding hydrogens is 429 g/mol. The van der Waals surface area contributed by atoms with Gasteiger partial charge in [0, 0.05) is 40.3 Å². The van der Waals surface area contributed by atoms with E-state index in [1.54, 1.807) is 12.1 Å². The van der Waals surface area contributed by atoms with E-state index in [0.717, 1.165) is 46.1 Å². The molecule has 5 nitrogen and oxygen atoms in total. The number of anilines is 2. The number of carbonyl (C=O) groups excluding carboxylic acids is 2. The third-order valence-electron chi connectivity index (χ3n) is 6.26. The molecule has 0 radical (unpaired) electrons. The first-order chi connectivity index (χ1) is 16.5. The van der Waals surface area contributed by atoms with E-state index in [9.17, 15) is 14.0 Å². The lowest BCUT2D eigenvalue weighted by Crippen LogP contribution is -2.15. The third kappa shape index (κ3) is 4.71. The third-order valence-corrected chi connectivity index (χ3v) is 6.26. The van der Waals surface area contributed by atoms with Gasteiger partial charge in [-0.05, 0) is 73.2 Å². The van der Waals surface area contributed by atoms with Crippen molar-refractivity contribution in [2.24, 2.45) is 5.92 Å². The van der Waals surface area contributed by atoms with Crippen LogP contribution in [-0.2, 0) is 16.0 Å². The zero-order valence-corrected chi connectivity index (χ0v) is 19.0. The second-order valence-electron chi connectivity index (χ2n) is 8.88. The fourth-order valence-electron chi connectivity index (χ4n) is 4.21. The lowest BCUT2D eigenvalue weighted by atomic mass is 10.0. The molecule has 3 aromatic carbocycles. The second-order valence-corrected chi connectivity index (χ2v) is 8.88. The Labute approximate surface area is 197 Å². The molecule has 34 heavy (non-hydrogen) atoms. The summed E-state index contributed by atoms with van der Waals surface area (Å²) in [6.45, 7) is 1.91. The van der Waals surface area contributed by atoms with Crippen molar-refractivity contribution in [2.75, 3.05) is 10.6 Å². The van der Waals surface area contributed by atoms with E-state index >= 15 is 0 Å². The Morgan fingerprint density at radius 1 is 1.00 bits per heavy atom. The number of rotatable bonds is 7. The zero-order valence-electron chi connectivity index (χ0n) is 19.0. The second kappa shape index (κ2) is 9.14. The molecule has 0 bridgehead atoms. The number of benzene rings is 3. The summed E-state index contributed by atoms with van der Waals surface area (Å²) in [4.78, 5) is 28.4. The van der Waals surface area contributed by atoms with Crippen molar-refractivity contribution in [1.29, 1.82) is 0 Å². The molecule has 3 N–H and O–H groups in total. The van der Waals surface area contributed by atoms with Gasteiger partial charge in [0.2, 0.25) is 11.8 Å². The molecule has 0 aliphatic heterocycles. The monoisotopic (exact) mass is 455 g/mol. The van der Waals surface area contributed by atoms with Crippen molar-refractivity contribution >= 4 is 34.1 Å². The molecule has 1 aromatic heterocycles. The van der Waals surface area contributed by atoms with Crippen LogP contribution in [0.2, 0.25) is 0 Å². The lowest BCUT2D eigenvalue weighted by molar-refractivity contribution is -0.117. The molecule has 2 amide bonds. The number of H-pyrrole nitrogens is 1. The van der Waals surface area contributed by atoms with Gasteiger partial charge in [-0.2, -0.15) is 0 Å². The first kappa shape index (κ1) is 21.9. The normalized spacial score (nSPS) is 13.1. The Hall–Kier alpha value is -3.93. The number of aromatic amines is 1. The first-order valence-electron chi connectivity index (χ1n) is 11.5. The molecule has 4 aromatic rings. The highest BCUT2D eigenvalue weighted by molar-refractivity contribution is 5.97. The summed E-state index contributed by atoms with van der Waals surface area (Å²) in [5.74, 6) is -0.309. The number of hydrogen-bond acceptors (Lipinski definition) is 2. The van der Waals surface area contributed by atoms with Crippen LogP contribution in [0.1, 0.15) is 30.4 Å². The quantitative estimate of drug-likeness (QED) is 0.310. The minimum Gasteiger partial charge on any atom is -0.354 e. The number of nitrogens with one attached hydrogen (secondary N) is 3. The number of aromatic nitrogens is 1. The van der Waals surface area contributed by atoms with Crippen molar-refractivity contribution in [1.82, 2.24) is 4.98 Å². The van der Waals surface area contributed by atoms with Crippen LogP contribution in [-0.4, -0.2) is 16.8 Å². The standard InChI is InChI=1S/C28H26FN3O2/c1-17-7-11-21(30-28(34)19-8-9-19)16-25(17)31-26(33)14-12-22-23-15-20(29)10-13-24(23)32-27(22)18-5-3-2-4-6-18/h2-7,10-11,13,15-16,19,32H,8-9,12,14H2,1H3,(H,30,34)(H,31,33). The molecule has 1 aliphatic rings. The maximum absolute atomic E-state index is 14.0. The lowest BCUT2D eigenvalue weighted by Gasteiger charge is -2.12. The molecule has 1 fully saturated rings. The minimum absolute atomic E-state index is 0.0288. The summed E-state index contributed by atoms with van der Waals surface area (Å²) >= 11 is 0. The van der Waals surface area contributed by atoms with Crippen molar-refractivity contribution in [2.45, 2.75) is 32.6 Å². The van der Waals surface area contributed by atoms with Gasteiger partial charge in [0.1, 0.15) is 5.82 Å². The van der Waals surface area contributed by atoms with Crippen molar-refractivity contribution in [3.63, 3.8) is 0 Å². The smallest absolute Gasteiger partial charge is 0.227 e. The Kier molecular flexibility index (Phi) is 5.88. The maximum atomic E-state index is 14.0. The van der Waals surface area contributed by atoms with Gasteiger partial charge in [-0.1, -0.05) is 36.4 Å². The van der Waals surface area contributed by atoms with Crippen LogP contribution < -0.4 is 10.6 Å². The van der Waals surface area contributed by atoms with Crippen LogP contribution in [0.4, 0.5) is 15.8 Å². The summed E-state index contributed by atoms with van der Waals surface area (Å²) in [5.41, 5.74) is 5.91. The summed E-state index contributed by atoms with van der Waals surface area (Å²) in [5, 5.41) is 6.68. The predicted molar refractivity (Wildman–Crippen MR) is 133 cm³/mol. The molecule has 5 rings (SSSR count). The first-order valence-corrected chi connectivity index (χ1v) is 11.5. The molecule has 1 heterocycles. The molecule has 0 spiro atoms. The minimum atomic E-state index is -0.308. The fourth-order valence-corrected chi connectivity index (χ4v) is 4.21. The Bertz CT molecular complexity index is 1370. The summed E-state index contributed by atoms with van der Waals surface area (Å²) in [6, 6.07) is 20.0. The van der Waals surface area contributed by atoms with Crippen molar-refractivity contribution in [3.05, 3.63) is 83.7 Å². The average Bonchev–Trinajstić information content (AvgIpc) is 3.62. The molecule has 172 valence electrons. The van der Waals surface area contributed by atoms with E-state index < -0.39 is 0 Å². The number of halogens is 1. The van der Waals surface area contributed by atoms with Gasteiger partial charge in [0.15, 0.2) is 0 Å². The largest absolute Gasteiger partial charge is 0.354 e. The fraction of sp³-hybridized carbons (Fsp3) is 0.214. The van der Waals surface area contributed by atoms with Gasteiger partial charge >= 0.3 is 0 Å². The molecule has 6 heteroatoms. The van der Waals surface area contributed by atoms with E-state index in [1.165, 1.54) is 12.1 Å². The van der Waals surface area contributed by atoms with E-state index in [2.05, 4.69) is 15.6 Å². The van der Waals surface area contributed by atoms with Crippen LogP contribution in [0.5, 0.6) is 0 Å². The van der Waals surface area contributed by atoms with Gasteiger partial charge in [0.05, 0.1) is 0 Å². The van der Waals surface area contributed by atoms with Crippen LogP contribution in [0.25, 0.3) is 22.2 Å². The average molecular weight is 456 g/mol. The Balaban J connectivity index is 1.34. The molecule has 0 unspecified atom stereocenters. The van der Waals surface area contributed by atoms with Gasteiger partial charge in [0.25, 0.3) is 0 Å². The zero-order chi connectivity index (χ0) is 23.7. The SMILES string of the molecule is Cc1ccc(NC(=O)C2CC2)cc1NC(=O)CCc1c(-c2ccccc2)[nH]c2ccc(F)cc12. The van der Waals surface area contributed by atoms with Crippen molar-refractivity contribution in [3.8, 4) is 11.3 Å². The summed E-state index contributed by atoms with van der Waals surface area (Å²) in [6.07, 6.45) is 2.56. The Morgan fingerprint density at radius 2 is 1.79 bits per heavy atom. The number of carbonyl (C=O) groups is 2. The predicted octanol–water partition coefficient (Wildman–Crippen LogP) is 6.20. The van der Waals surface area contributed by atoms with Crippen LogP contribution in [0.15, 0.2) is 66.7 Å². The van der Waals surface area contributed by atoms with Crippen LogP contribution >= 0.6 is 0 Å². The number of aryl methyl sites for hydroxylation is 2. The molecule has 1 aliphatic carbocycles. The van der Waals surface area contributed by atoms with Gasteiger partial charge in [-0.3, -0.25) is 9.59 Å². The highest BCUT2D eigenvalue weighted by Gasteiger charge is 2.29. The molecule has 1 saturated carbocycles. The highest BCUT2D eigenvalue weighted by Crippen LogP contribution is 2.33. The van der Waals surface area contributed by atoms with E-state index in [-0.39, 0.29) is 30.0 Å². The van der Waals surface area contributed by atoms with E-state index in [0.29, 0.717) is 17.8 Å². The van der Waals surface area contributed by atoms with Gasteiger partial charge in [-0.15, -0.1) is 0 Å². The summed E-state index contributed by atoms with van der Waals surface area (Å²) < 4.78 is 14.0. The molecule has 0 atom stereocenters. The summed E-state index contributed by atoms with van der Waals surface area (Å²) in [7, 11) is 0. The van der Waals surface area contributed by atoms with Crippen LogP contribution in [0.3, 0.4) is 0 Å². The van der Waals surface area contributed by atoms with E-state index in [1.807, 2.05) is 49.4 Å². The van der Waals surface area contributed by atoms with E-state index in [4.69, 9.17) is 0 Å². The Morgan fingerprint density at radius 3 is 2.56 bits per heavy atom. The van der Waals surface area contributed by atoms with Crippen molar-refractivity contribution < 1.29 is 14.0 Å². The van der Waals surface area contributed by atoms with Gasteiger partial charge in [-0.25, -0.2) is 4.39 Å². The number of amides is 2. The highest BCUT2D eigenvalue weighted by atomic mass is 19.1. The van der Waals surface area contributed by atoms with Gasteiger partial charge < -0.3 is 15.6 Å². The van der Waals surface area contributed by atoms with Crippen LogP contribution in [0, 0.1) is 18.7 Å².